The third-order valence-corrected chi connectivity index (χ3v) is 3.76. The minimum Gasteiger partial charge on any atom is -0.379 e. The Kier molecular flexibility index (Phi) is 3.95. The average Bonchev–Trinajstić information content (AvgIpc) is 2.46. The first kappa shape index (κ1) is 14.1. The van der Waals surface area contributed by atoms with Gasteiger partial charge < -0.3 is 5.32 Å². The average molecular weight is 321 g/mol. The van der Waals surface area contributed by atoms with Crippen LogP contribution < -0.4 is 5.32 Å². The molecule has 0 radical (unpaired) electrons. The maximum Gasteiger partial charge on any atom is 0.129 e. The summed E-state index contributed by atoms with van der Waals surface area (Å²) >= 11 is 12.1. The summed E-state index contributed by atoms with van der Waals surface area (Å²) in [6.07, 6.45) is 1.71. The number of nitrogens with one attached hydrogen (secondary N) is 1. The first-order chi connectivity index (χ1) is 10.1. The molecule has 3 rings (SSSR count). The molecule has 21 heavy (non-hydrogen) atoms. The second-order valence-corrected chi connectivity index (χ2v) is 5.43. The van der Waals surface area contributed by atoms with Gasteiger partial charge in [0.1, 0.15) is 5.82 Å². The molecule has 0 aliphatic rings. The van der Waals surface area contributed by atoms with Gasteiger partial charge >= 0.3 is 0 Å². The summed E-state index contributed by atoms with van der Waals surface area (Å²) < 4.78 is 13.8. The Labute approximate surface area is 131 Å². The van der Waals surface area contributed by atoms with Crippen LogP contribution in [0, 0.1) is 5.82 Å². The van der Waals surface area contributed by atoms with Crippen LogP contribution in [0.2, 0.25) is 10.0 Å². The van der Waals surface area contributed by atoms with Crippen molar-refractivity contribution in [1.29, 1.82) is 0 Å². The van der Waals surface area contributed by atoms with Crippen LogP contribution >= 0.6 is 23.2 Å². The molecule has 0 bridgehead atoms. The Morgan fingerprint density at radius 1 is 1.10 bits per heavy atom. The zero-order valence-corrected chi connectivity index (χ0v) is 12.4. The molecule has 0 saturated carbocycles. The molecule has 2 aromatic carbocycles. The topological polar surface area (TPSA) is 24.9 Å². The normalized spacial score (nSPS) is 10.8. The van der Waals surface area contributed by atoms with Gasteiger partial charge in [0.05, 0.1) is 11.2 Å². The number of halogens is 3. The third kappa shape index (κ3) is 2.94. The zero-order valence-electron chi connectivity index (χ0n) is 10.9. The molecule has 0 unspecified atom stereocenters. The van der Waals surface area contributed by atoms with Crippen molar-refractivity contribution in [3.05, 3.63) is 70.1 Å². The van der Waals surface area contributed by atoms with Crippen molar-refractivity contribution < 1.29 is 4.39 Å². The van der Waals surface area contributed by atoms with Crippen LogP contribution in [0.1, 0.15) is 5.56 Å². The molecule has 0 aliphatic heterocycles. The largest absolute Gasteiger partial charge is 0.379 e. The van der Waals surface area contributed by atoms with Crippen molar-refractivity contribution in [2.45, 2.75) is 6.54 Å². The highest BCUT2D eigenvalue weighted by Gasteiger charge is 2.09. The van der Waals surface area contributed by atoms with Gasteiger partial charge in [0.15, 0.2) is 0 Å². The van der Waals surface area contributed by atoms with Gasteiger partial charge in [0.2, 0.25) is 0 Å². The summed E-state index contributed by atoms with van der Waals surface area (Å²) in [5, 5.41) is 5.06. The van der Waals surface area contributed by atoms with Crippen molar-refractivity contribution in [1.82, 2.24) is 4.98 Å². The fraction of sp³-hybridized carbons (Fsp3) is 0.0625. The van der Waals surface area contributed by atoms with Gasteiger partial charge in [-0.15, -0.1) is 0 Å². The minimum atomic E-state index is -0.339. The molecule has 0 spiro atoms. The standard InChI is InChI=1S/C16H11Cl2FN2/c17-11-7-10-3-2-6-20-16(10)15(8-11)21-9-12-13(18)4-1-5-14(12)19/h1-8,21H,9H2. The van der Waals surface area contributed by atoms with Crippen molar-refractivity contribution >= 4 is 39.8 Å². The van der Waals surface area contributed by atoms with Gasteiger partial charge in [0, 0.05) is 33.7 Å². The molecular weight excluding hydrogens is 310 g/mol. The van der Waals surface area contributed by atoms with E-state index in [1.54, 1.807) is 24.4 Å². The Balaban J connectivity index is 1.95. The van der Waals surface area contributed by atoms with Crippen LogP contribution in [-0.4, -0.2) is 4.98 Å². The van der Waals surface area contributed by atoms with Gasteiger partial charge in [-0.1, -0.05) is 35.3 Å². The third-order valence-electron chi connectivity index (χ3n) is 3.19. The van der Waals surface area contributed by atoms with Gasteiger partial charge in [-0.2, -0.15) is 0 Å². The monoisotopic (exact) mass is 320 g/mol. The van der Waals surface area contributed by atoms with E-state index >= 15 is 0 Å². The van der Waals surface area contributed by atoms with Crippen LogP contribution in [0.3, 0.4) is 0 Å². The highest BCUT2D eigenvalue weighted by atomic mass is 35.5. The van der Waals surface area contributed by atoms with E-state index in [1.165, 1.54) is 6.07 Å². The number of hydrogen-bond acceptors (Lipinski definition) is 2. The first-order valence-corrected chi connectivity index (χ1v) is 7.12. The van der Waals surface area contributed by atoms with E-state index in [0.29, 0.717) is 15.6 Å². The molecule has 3 aromatic rings. The Hall–Kier alpha value is -1.84. The summed E-state index contributed by atoms with van der Waals surface area (Å²) in [6.45, 7) is 0.261. The number of benzene rings is 2. The molecule has 1 heterocycles. The maximum atomic E-state index is 13.8. The molecule has 5 heteroatoms. The number of hydrogen-bond donors (Lipinski definition) is 1. The maximum absolute atomic E-state index is 13.8. The Bertz CT molecular complexity index is 785. The lowest BCUT2D eigenvalue weighted by Gasteiger charge is -2.11. The summed E-state index contributed by atoms with van der Waals surface area (Å²) in [7, 11) is 0. The number of anilines is 1. The lowest BCUT2D eigenvalue weighted by molar-refractivity contribution is 0.613. The Morgan fingerprint density at radius 3 is 2.76 bits per heavy atom. The molecule has 0 fully saturated rings. The predicted octanol–water partition coefficient (Wildman–Crippen LogP) is 5.29. The van der Waals surface area contributed by atoms with Crippen molar-refractivity contribution in [2.75, 3.05) is 5.32 Å². The fourth-order valence-corrected chi connectivity index (χ4v) is 2.63. The highest BCUT2D eigenvalue weighted by molar-refractivity contribution is 6.32. The quantitative estimate of drug-likeness (QED) is 0.709. The molecular formula is C16H11Cl2FN2. The minimum absolute atomic E-state index is 0.261. The second kappa shape index (κ2) is 5.88. The fourth-order valence-electron chi connectivity index (χ4n) is 2.18. The van der Waals surface area contributed by atoms with E-state index in [-0.39, 0.29) is 12.4 Å². The second-order valence-electron chi connectivity index (χ2n) is 4.58. The predicted molar refractivity (Wildman–Crippen MR) is 85.5 cm³/mol. The Morgan fingerprint density at radius 2 is 1.95 bits per heavy atom. The molecule has 1 N–H and O–H groups in total. The van der Waals surface area contributed by atoms with Crippen LogP contribution in [-0.2, 0) is 6.54 Å². The molecule has 1 aromatic heterocycles. The van der Waals surface area contributed by atoms with Gasteiger partial charge in [-0.05, 0) is 30.3 Å². The molecule has 106 valence electrons. The number of nitrogens with zero attached hydrogens (tertiary/aromatic N) is 1. The molecule has 0 saturated heterocycles. The van der Waals surface area contributed by atoms with Crippen LogP contribution in [0.4, 0.5) is 10.1 Å². The van der Waals surface area contributed by atoms with E-state index < -0.39 is 0 Å². The van der Waals surface area contributed by atoms with Gasteiger partial charge in [0.25, 0.3) is 0 Å². The smallest absolute Gasteiger partial charge is 0.129 e. The van der Waals surface area contributed by atoms with E-state index in [4.69, 9.17) is 23.2 Å². The number of pyridine rings is 1. The van der Waals surface area contributed by atoms with E-state index in [0.717, 1.165) is 16.6 Å². The van der Waals surface area contributed by atoms with Gasteiger partial charge in [-0.25, -0.2) is 4.39 Å². The van der Waals surface area contributed by atoms with E-state index in [9.17, 15) is 4.39 Å². The van der Waals surface area contributed by atoms with Gasteiger partial charge in [-0.3, -0.25) is 4.98 Å². The lowest BCUT2D eigenvalue weighted by Crippen LogP contribution is -2.03. The zero-order chi connectivity index (χ0) is 14.8. The highest BCUT2D eigenvalue weighted by Crippen LogP contribution is 2.27. The van der Waals surface area contributed by atoms with Crippen molar-refractivity contribution in [3.8, 4) is 0 Å². The summed E-state index contributed by atoms with van der Waals surface area (Å²) in [4.78, 5) is 4.33. The molecule has 0 amide bonds. The number of aromatic nitrogens is 1. The summed E-state index contributed by atoms with van der Waals surface area (Å²) in [6, 6.07) is 12.0. The number of fused-ring (bicyclic) bond motifs is 1. The van der Waals surface area contributed by atoms with E-state index in [2.05, 4.69) is 10.3 Å². The first-order valence-electron chi connectivity index (χ1n) is 6.36. The summed E-state index contributed by atoms with van der Waals surface area (Å²) in [5.41, 5.74) is 1.95. The molecule has 2 nitrogen and oxygen atoms in total. The number of rotatable bonds is 3. The molecule has 0 atom stereocenters. The van der Waals surface area contributed by atoms with Crippen LogP contribution in [0.15, 0.2) is 48.7 Å². The van der Waals surface area contributed by atoms with Crippen LogP contribution in [0.25, 0.3) is 10.9 Å². The van der Waals surface area contributed by atoms with Crippen LogP contribution in [0.5, 0.6) is 0 Å². The SMILES string of the molecule is Fc1cccc(Cl)c1CNc1cc(Cl)cc2cccnc12. The van der Waals surface area contributed by atoms with E-state index in [1.807, 2.05) is 18.2 Å². The lowest BCUT2D eigenvalue weighted by atomic mass is 10.1. The molecule has 0 aliphatic carbocycles. The van der Waals surface area contributed by atoms with Crippen molar-refractivity contribution in [2.24, 2.45) is 0 Å². The summed E-state index contributed by atoms with van der Waals surface area (Å²) in [5.74, 6) is -0.339. The van der Waals surface area contributed by atoms with Crippen molar-refractivity contribution in [3.63, 3.8) is 0 Å².